The molecular formula is C14H20ClNO4. The van der Waals surface area contributed by atoms with E-state index in [1.807, 2.05) is 32.0 Å². The van der Waals surface area contributed by atoms with Crippen LogP contribution in [-0.2, 0) is 4.74 Å². The molecule has 1 aromatic rings. The molecule has 1 amide bonds. The van der Waals surface area contributed by atoms with Gasteiger partial charge < -0.3 is 19.5 Å². The van der Waals surface area contributed by atoms with Gasteiger partial charge in [0.05, 0.1) is 25.8 Å². The predicted octanol–water partition coefficient (Wildman–Crippen LogP) is 2.93. The SMILES string of the molecule is COc1cccc(OC)c1[C@@H]1NC(=O)OCC1(C)C.Cl. The highest BCUT2D eigenvalue weighted by Crippen LogP contribution is 2.44. The number of carbonyl (C=O) groups excluding carboxylic acids is 1. The zero-order valence-electron chi connectivity index (χ0n) is 12.1. The zero-order chi connectivity index (χ0) is 14.0. The lowest BCUT2D eigenvalue weighted by molar-refractivity contribution is 0.0374. The number of ether oxygens (including phenoxy) is 3. The van der Waals surface area contributed by atoms with Gasteiger partial charge in [-0.2, -0.15) is 0 Å². The number of methoxy groups -OCH3 is 2. The molecule has 6 heteroatoms. The second kappa shape index (κ2) is 6.22. The third-order valence-electron chi connectivity index (χ3n) is 3.37. The van der Waals surface area contributed by atoms with Crippen LogP contribution in [0.25, 0.3) is 0 Å². The summed E-state index contributed by atoms with van der Waals surface area (Å²) < 4.78 is 15.9. The van der Waals surface area contributed by atoms with E-state index in [0.717, 1.165) is 5.56 Å². The smallest absolute Gasteiger partial charge is 0.407 e. The molecule has 1 N–H and O–H groups in total. The quantitative estimate of drug-likeness (QED) is 0.932. The molecule has 20 heavy (non-hydrogen) atoms. The summed E-state index contributed by atoms with van der Waals surface area (Å²) in [6.45, 7) is 4.41. The molecule has 1 fully saturated rings. The van der Waals surface area contributed by atoms with E-state index in [2.05, 4.69) is 5.32 Å². The molecule has 2 rings (SSSR count). The molecule has 1 aliphatic heterocycles. The summed E-state index contributed by atoms with van der Waals surface area (Å²) in [6, 6.07) is 5.35. The fourth-order valence-corrected chi connectivity index (χ4v) is 2.32. The number of hydrogen-bond acceptors (Lipinski definition) is 4. The van der Waals surface area contributed by atoms with Crippen LogP contribution in [-0.4, -0.2) is 26.9 Å². The lowest BCUT2D eigenvalue weighted by Crippen LogP contribution is -2.47. The number of benzene rings is 1. The highest BCUT2D eigenvalue weighted by Gasteiger charge is 2.40. The van der Waals surface area contributed by atoms with E-state index in [1.54, 1.807) is 14.2 Å². The van der Waals surface area contributed by atoms with Gasteiger partial charge in [-0.3, -0.25) is 0 Å². The van der Waals surface area contributed by atoms with E-state index in [-0.39, 0.29) is 23.9 Å². The topological polar surface area (TPSA) is 56.8 Å². The minimum atomic E-state index is -0.419. The summed E-state index contributed by atoms with van der Waals surface area (Å²) in [5.41, 5.74) is 0.588. The number of cyclic esters (lactones) is 1. The first-order valence-electron chi connectivity index (χ1n) is 6.14. The fourth-order valence-electron chi connectivity index (χ4n) is 2.32. The Bertz CT molecular complexity index is 468. The summed E-state index contributed by atoms with van der Waals surface area (Å²) >= 11 is 0. The van der Waals surface area contributed by atoms with Crippen LogP contribution in [0.4, 0.5) is 4.79 Å². The molecule has 0 aromatic heterocycles. The Hall–Kier alpha value is -1.62. The van der Waals surface area contributed by atoms with Gasteiger partial charge in [0.25, 0.3) is 0 Å². The van der Waals surface area contributed by atoms with Gasteiger partial charge in [-0.1, -0.05) is 19.9 Å². The first-order valence-corrected chi connectivity index (χ1v) is 6.14. The molecule has 1 aromatic carbocycles. The Kier molecular flexibility index (Phi) is 5.11. The van der Waals surface area contributed by atoms with E-state index in [0.29, 0.717) is 18.1 Å². The maximum Gasteiger partial charge on any atom is 0.407 e. The summed E-state index contributed by atoms with van der Waals surface area (Å²) in [5.74, 6) is 1.39. The Labute approximate surface area is 125 Å². The average molecular weight is 302 g/mol. The molecule has 1 atom stereocenters. The fraction of sp³-hybridized carbons (Fsp3) is 0.500. The highest BCUT2D eigenvalue weighted by molar-refractivity contribution is 5.85. The van der Waals surface area contributed by atoms with Crippen molar-refractivity contribution in [1.82, 2.24) is 5.32 Å². The van der Waals surface area contributed by atoms with Crippen molar-refractivity contribution in [2.24, 2.45) is 5.41 Å². The molecule has 0 unspecified atom stereocenters. The molecule has 0 spiro atoms. The summed E-state index contributed by atoms with van der Waals surface area (Å²) in [5, 5.41) is 2.85. The van der Waals surface area contributed by atoms with Gasteiger partial charge in [0.2, 0.25) is 0 Å². The van der Waals surface area contributed by atoms with Gasteiger partial charge in [-0.25, -0.2) is 4.79 Å². The number of amides is 1. The monoisotopic (exact) mass is 301 g/mol. The summed E-state index contributed by atoms with van der Waals surface area (Å²) in [6.07, 6.45) is -0.419. The second-order valence-electron chi connectivity index (χ2n) is 5.22. The van der Waals surface area contributed by atoms with Crippen LogP contribution >= 0.6 is 12.4 Å². The number of rotatable bonds is 3. The first kappa shape index (κ1) is 16.4. The van der Waals surface area contributed by atoms with Gasteiger partial charge in [-0.05, 0) is 12.1 Å². The molecule has 0 radical (unpaired) electrons. The van der Waals surface area contributed by atoms with Crippen LogP contribution in [0.1, 0.15) is 25.5 Å². The van der Waals surface area contributed by atoms with Crippen molar-refractivity contribution in [3.63, 3.8) is 0 Å². The van der Waals surface area contributed by atoms with Gasteiger partial charge in [0.15, 0.2) is 0 Å². The predicted molar refractivity (Wildman–Crippen MR) is 77.8 cm³/mol. The van der Waals surface area contributed by atoms with Crippen LogP contribution < -0.4 is 14.8 Å². The largest absolute Gasteiger partial charge is 0.496 e. The third kappa shape index (κ3) is 2.93. The van der Waals surface area contributed by atoms with Gasteiger partial charge in [-0.15, -0.1) is 12.4 Å². The average Bonchev–Trinajstić information content (AvgIpc) is 2.40. The lowest BCUT2D eigenvalue weighted by atomic mass is 9.79. The Balaban J connectivity index is 0.00000200. The van der Waals surface area contributed by atoms with Crippen LogP contribution in [0, 0.1) is 5.41 Å². The normalized spacial score (nSPS) is 20.2. The molecule has 112 valence electrons. The maximum atomic E-state index is 11.5. The molecule has 1 saturated heterocycles. The molecule has 1 heterocycles. The number of carbonyl (C=O) groups is 1. The highest BCUT2D eigenvalue weighted by atomic mass is 35.5. The minimum absolute atomic E-state index is 0. The minimum Gasteiger partial charge on any atom is -0.496 e. The molecule has 0 aliphatic carbocycles. The molecule has 1 aliphatic rings. The molecule has 5 nitrogen and oxygen atoms in total. The van der Waals surface area contributed by atoms with Crippen molar-refractivity contribution < 1.29 is 19.0 Å². The Morgan fingerprint density at radius 3 is 2.30 bits per heavy atom. The maximum absolute atomic E-state index is 11.5. The standard InChI is InChI=1S/C14H19NO4.ClH/c1-14(2)8-19-13(16)15-12(14)11-9(17-3)6-5-7-10(11)18-4;/h5-7,12H,8H2,1-4H3,(H,15,16);1H/t12-;/m0./s1. The van der Waals surface area contributed by atoms with Crippen molar-refractivity contribution in [2.75, 3.05) is 20.8 Å². The van der Waals surface area contributed by atoms with Gasteiger partial charge in [0.1, 0.15) is 18.1 Å². The number of nitrogens with one attached hydrogen (secondary N) is 1. The van der Waals surface area contributed by atoms with E-state index in [1.165, 1.54) is 0 Å². The van der Waals surface area contributed by atoms with Gasteiger partial charge in [0, 0.05) is 5.41 Å². The Morgan fingerprint density at radius 2 is 1.80 bits per heavy atom. The summed E-state index contributed by atoms with van der Waals surface area (Å²) in [4.78, 5) is 11.5. The number of alkyl carbamates (subject to hydrolysis) is 1. The van der Waals surface area contributed by atoms with Gasteiger partial charge >= 0.3 is 6.09 Å². The first-order chi connectivity index (χ1) is 8.99. The van der Waals surface area contributed by atoms with Crippen LogP contribution in [0.15, 0.2) is 18.2 Å². The van der Waals surface area contributed by atoms with Crippen molar-refractivity contribution in [2.45, 2.75) is 19.9 Å². The molecule has 0 bridgehead atoms. The van der Waals surface area contributed by atoms with Crippen LogP contribution in [0.5, 0.6) is 11.5 Å². The van der Waals surface area contributed by atoms with E-state index in [4.69, 9.17) is 14.2 Å². The third-order valence-corrected chi connectivity index (χ3v) is 3.37. The van der Waals surface area contributed by atoms with Crippen LogP contribution in [0.2, 0.25) is 0 Å². The number of halogens is 1. The zero-order valence-corrected chi connectivity index (χ0v) is 12.9. The van der Waals surface area contributed by atoms with Crippen molar-refractivity contribution in [1.29, 1.82) is 0 Å². The molecule has 0 saturated carbocycles. The van der Waals surface area contributed by atoms with E-state index < -0.39 is 6.09 Å². The van der Waals surface area contributed by atoms with Crippen molar-refractivity contribution in [3.8, 4) is 11.5 Å². The second-order valence-corrected chi connectivity index (χ2v) is 5.22. The van der Waals surface area contributed by atoms with Crippen molar-refractivity contribution in [3.05, 3.63) is 23.8 Å². The van der Waals surface area contributed by atoms with Crippen molar-refractivity contribution >= 4 is 18.5 Å². The van der Waals surface area contributed by atoms with Crippen LogP contribution in [0.3, 0.4) is 0 Å². The lowest BCUT2D eigenvalue weighted by Gasteiger charge is -2.39. The number of hydrogen-bond donors (Lipinski definition) is 1. The van der Waals surface area contributed by atoms with E-state index >= 15 is 0 Å². The van der Waals surface area contributed by atoms with E-state index in [9.17, 15) is 4.79 Å². The Morgan fingerprint density at radius 1 is 1.25 bits per heavy atom. The summed E-state index contributed by atoms with van der Waals surface area (Å²) in [7, 11) is 3.21. The molecular weight excluding hydrogens is 282 g/mol.